The number of rotatable bonds is 4. The van der Waals surface area contributed by atoms with Crippen LogP contribution in [0.2, 0.25) is 10.0 Å². The highest BCUT2D eigenvalue weighted by atomic mass is 35.5. The number of carbonyl (C=O) groups is 1. The van der Waals surface area contributed by atoms with Gasteiger partial charge in [-0.2, -0.15) is 0 Å². The van der Waals surface area contributed by atoms with Crippen LogP contribution in [0.5, 0.6) is 5.75 Å². The minimum atomic E-state index is 0.0545. The van der Waals surface area contributed by atoms with Crippen LogP contribution in [0, 0.1) is 5.92 Å². The summed E-state index contributed by atoms with van der Waals surface area (Å²) in [6, 6.07) is 5.28. The average molecular weight is 394 g/mol. The van der Waals surface area contributed by atoms with Crippen molar-refractivity contribution in [2.75, 3.05) is 13.1 Å². The highest BCUT2D eigenvalue weighted by Gasteiger charge is 2.31. The van der Waals surface area contributed by atoms with Gasteiger partial charge in [0.2, 0.25) is 0 Å². The second kappa shape index (κ2) is 8.06. The summed E-state index contributed by atoms with van der Waals surface area (Å²) in [7, 11) is 0. The molecule has 140 valence electrons. The molecule has 3 rings (SSSR count). The van der Waals surface area contributed by atoms with Crippen LogP contribution in [-0.2, 0) is 4.79 Å². The van der Waals surface area contributed by atoms with Gasteiger partial charge >= 0.3 is 0 Å². The lowest BCUT2D eigenvalue weighted by atomic mass is 9.82. The Labute approximate surface area is 165 Å². The molecule has 3 nitrogen and oxygen atoms in total. The number of allylic oxidation sites excluding steroid dienone is 3. The lowest BCUT2D eigenvalue weighted by Crippen LogP contribution is -2.42. The van der Waals surface area contributed by atoms with Gasteiger partial charge in [0, 0.05) is 34.3 Å². The van der Waals surface area contributed by atoms with Gasteiger partial charge in [-0.25, -0.2) is 0 Å². The summed E-state index contributed by atoms with van der Waals surface area (Å²) < 4.78 is 6.14. The Kier molecular flexibility index (Phi) is 5.99. The van der Waals surface area contributed by atoms with Gasteiger partial charge in [0.05, 0.1) is 6.54 Å². The van der Waals surface area contributed by atoms with Crippen LogP contribution in [0.25, 0.3) is 0 Å². The minimum Gasteiger partial charge on any atom is -0.488 e. The number of halogens is 2. The zero-order valence-electron chi connectivity index (χ0n) is 15.4. The second-order valence-electron chi connectivity index (χ2n) is 7.38. The summed E-state index contributed by atoms with van der Waals surface area (Å²) in [5.74, 6) is 1.18. The first-order valence-corrected chi connectivity index (χ1v) is 9.85. The van der Waals surface area contributed by atoms with Gasteiger partial charge in [0.15, 0.2) is 5.78 Å². The van der Waals surface area contributed by atoms with Crippen LogP contribution in [0.3, 0.4) is 0 Å². The smallest absolute Gasteiger partial charge is 0.160 e. The fourth-order valence-corrected chi connectivity index (χ4v) is 4.29. The van der Waals surface area contributed by atoms with Gasteiger partial charge in [0.25, 0.3) is 0 Å². The molecule has 1 unspecified atom stereocenters. The van der Waals surface area contributed by atoms with E-state index in [1.807, 2.05) is 13.8 Å². The number of hydrogen-bond donors (Lipinski definition) is 0. The quantitative estimate of drug-likeness (QED) is 0.617. The van der Waals surface area contributed by atoms with Crippen LogP contribution in [0.4, 0.5) is 0 Å². The SMILES string of the molecule is C=C(C)C1CC(=O)C(C)=C(N2CCC[C@H](Oc3cc(Cl)cc(Cl)c3)C2)C1. The molecule has 1 aliphatic heterocycles. The summed E-state index contributed by atoms with van der Waals surface area (Å²) >= 11 is 12.1. The number of benzene rings is 1. The molecule has 5 heteroatoms. The number of ketones is 1. The Morgan fingerprint density at radius 3 is 2.58 bits per heavy atom. The summed E-state index contributed by atoms with van der Waals surface area (Å²) in [6.07, 6.45) is 3.54. The Morgan fingerprint density at radius 1 is 1.23 bits per heavy atom. The predicted octanol–water partition coefficient (Wildman–Crippen LogP) is 5.67. The summed E-state index contributed by atoms with van der Waals surface area (Å²) in [5.41, 5.74) is 3.14. The first kappa shape index (κ1) is 19.3. The van der Waals surface area contributed by atoms with Crippen LogP contribution < -0.4 is 4.74 Å². The Balaban J connectivity index is 1.74. The van der Waals surface area contributed by atoms with Crippen molar-refractivity contribution in [2.24, 2.45) is 5.92 Å². The van der Waals surface area contributed by atoms with E-state index in [4.69, 9.17) is 27.9 Å². The first-order valence-electron chi connectivity index (χ1n) is 9.09. The molecule has 1 aromatic rings. The standard InChI is InChI=1S/C21H25Cl2NO2/c1-13(2)15-7-20(14(3)21(25)8-15)24-6-4-5-18(12-24)26-19-10-16(22)9-17(23)11-19/h9-11,15,18H,1,4-8,12H2,2-3H3/t15?,18-/m0/s1. The summed E-state index contributed by atoms with van der Waals surface area (Å²) in [4.78, 5) is 14.7. The number of likely N-dealkylation sites (tertiary alicyclic amines) is 1. The van der Waals surface area contributed by atoms with E-state index in [1.54, 1.807) is 18.2 Å². The molecule has 26 heavy (non-hydrogen) atoms. The molecule has 0 bridgehead atoms. The molecule has 0 spiro atoms. The molecule has 2 atom stereocenters. The van der Waals surface area contributed by atoms with Crippen LogP contribution in [-0.4, -0.2) is 29.9 Å². The number of ether oxygens (including phenoxy) is 1. The van der Waals surface area contributed by atoms with Crippen LogP contribution in [0.1, 0.15) is 39.5 Å². The van der Waals surface area contributed by atoms with E-state index in [-0.39, 0.29) is 17.8 Å². The van der Waals surface area contributed by atoms with E-state index in [0.29, 0.717) is 22.2 Å². The molecular weight excluding hydrogens is 369 g/mol. The molecule has 1 aromatic carbocycles. The van der Waals surface area contributed by atoms with Crippen molar-refractivity contribution in [3.8, 4) is 5.75 Å². The third-order valence-electron chi connectivity index (χ3n) is 5.32. The first-order chi connectivity index (χ1) is 12.3. The Bertz CT molecular complexity index is 736. The molecule has 1 aliphatic carbocycles. The summed E-state index contributed by atoms with van der Waals surface area (Å²) in [5, 5.41) is 1.14. The molecule has 0 saturated carbocycles. The number of hydrogen-bond acceptors (Lipinski definition) is 3. The van der Waals surface area contributed by atoms with E-state index in [0.717, 1.165) is 49.2 Å². The molecule has 0 radical (unpaired) electrons. The van der Waals surface area contributed by atoms with Crippen molar-refractivity contribution < 1.29 is 9.53 Å². The molecule has 1 heterocycles. The summed E-state index contributed by atoms with van der Waals surface area (Å²) in [6.45, 7) is 9.76. The van der Waals surface area contributed by atoms with Crippen LogP contribution >= 0.6 is 23.2 Å². The molecule has 0 amide bonds. The maximum Gasteiger partial charge on any atom is 0.160 e. The van der Waals surface area contributed by atoms with Gasteiger partial charge in [0.1, 0.15) is 11.9 Å². The van der Waals surface area contributed by atoms with E-state index >= 15 is 0 Å². The average Bonchev–Trinajstić information content (AvgIpc) is 2.56. The van der Waals surface area contributed by atoms with Gasteiger partial charge in [-0.3, -0.25) is 4.79 Å². The van der Waals surface area contributed by atoms with Crippen molar-refractivity contribution in [1.82, 2.24) is 4.90 Å². The zero-order valence-corrected chi connectivity index (χ0v) is 16.9. The molecular formula is C21H25Cl2NO2. The Hall–Kier alpha value is -1.45. The third-order valence-corrected chi connectivity index (χ3v) is 5.75. The van der Waals surface area contributed by atoms with E-state index in [9.17, 15) is 4.79 Å². The molecule has 0 N–H and O–H groups in total. The molecule has 2 aliphatic rings. The lowest BCUT2D eigenvalue weighted by molar-refractivity contribution is -0.117. The minimum absolute atomic E-state index is 0.0545. The predicted molar refractivity (Wildman–Crippen MR) is 107 cm³/mol. The van der Waals surface area contributed by atoms with Crippen molar-refractivity contribution in [3.63, 3.8) is 0 Å². The number of carbonyl (C=O) groups excluding carboxylic acids is 1. The van der Waals surface area contributed by atoms with Crippen molar-refractivity contribution >= 4 is 29.0 Å². The van der Waals surface area contributed by atoms with E-state index in [1.165, 1.54) is 0 Å². The zero-order chi connectivity index (χ0) is 18.8. The van der Waals surface area contributed by atoms with Crippen molar-refractivity contribution in [3.05, 3.63) is 51.7 Å². The maximum absolute atomic E-state index is 12.4. The van der Waals surface area contributed by atoms with Gasteiger partial charge < -0.3 is 9.64 Å². The lowest BCUT2D eigenvalue weighted by Gasteiger charge is -2.39. The fourth-order valence-electron chi connectivity index (χ4n) is 3.78. The largest absolute Gasteiger partial charge is 0.488 e. The van der Waals surface area contributed by atoms with Gasteiger partial charge in [-0.05, 0) is 57.2 Å². The fraction of sp³-hybridized carbons (Fsp3) is 0.476. The molecule has 0 aromatic heterocycles. The van der Waals surface area contributed by atoms with E-state index < -0.39 is 0 Å². The highest BCUT2D eigenvalue weighted by Crippen LogP contribution is 2.35. The monoisotopic (exact) mass is 393 g/mol. The number of piperidine rings is 1. The molecule has 1 fully saturated rings. The number of Topliss-reactive ketones (excluding diaryl/α,β-unsaturated/α-hetero) is 1. The Morgan fingerprint density at radius 2 is 1.92 bits per heavy atom. The number of nitrogens with zero attached hydrogens (tertiary/aromatic N) is 1. The van der Waals surface area contributed by atoms with Crippen molar-refractivity contribution in [1.29, 1.82) is 0 Å². The maximum atomic E-state index is 12.4. The van der Waals surface area contributed by atoms with Gasteiger partial charge in [-0.1, -0.05) is 35.4 Å². The highest BCUT2D eigenvalue weighted by molar-refractivity contribution is 6.34. The topological polar surface area (TPSA) is 29.5 Å². The van der Waals surface area contributed by atoms with Crippen molar-refractivity contribution in [2.45, 2.75) is 45.6 Å². The molecule has 1 saturated heterocycles. The van der Waals surface area contributed by atoms with Crippen LogP contribution in [0.15, 0.2) is 41.6 Å². The second-order valence-corrected chi connectivity index (χ2v) is 8.25. The normalized spacial score (nSPS) is 24.0. The van der Waals surface area contributed by atoms with E-state index in [2.05, 4.69) is 11.5 Å². The van der Waals surface area contributed by atoms with Gasteiger partial charge in [-0.15, -0.1) is 0 Å². The third kappa shape index (κ3) is 4.44.